The van der Waals surface area contributed by atoms with Crippen molar-refractivity contribution in [3.8, 4) is 0 Å². The Bertz CT molecular complexity index is 1110. The molecule has 1 aromatic rings. The van der Waals surface area contributed by atoms with Gasteiger partial charge in [0.15, 0.2) is 5.67 Å². The van der Waals surface area contributed by atoms with Crippen molar-refractivity contribution < 1.29 is 65.4 Å². The quantitative estimate of drug-likeness (QED) is 0.200. The lowest BCUT2D eigenvalue weighted by Gasteiger charge is -2.34. The van der Waals surface area contributed by atoms with E-state index in [1.807, 2.05) is 0 Å². The summed E-state index contributed by atoms with van der Waals surface area (Å²) in [6, 6.07) is -0.155. The Kier molecular flexibility index (Phi) is 6.37. The molecule has 0 amide bonds. The average molecular weight is 527 g/mol. The van der Waals surface area contributed by atoms with Crippen molar-refractivity contribution in [1.82, 2.24) is 9.55 Å². The molecule has 2 aliphatic rings. The minimum Gasteiger partial charge on any atom is -0.384 e. The molecule has 21 heteroatoms. The van der Waals surface area contributed by atoms with Crippen LogP contribution >= 0.6 is 23.5 Å². The number of nitrogens with zero attached hydrogens (tertiary/aromatic N) is 2. The molecule has 0 aromatic carbocycles. The fraction of sp³-hybridized carbons (Fsp3) is 0.636. The van der Waals surface area contributed by atoms with Crippen LogP contribution in [-0.2, 0) is 36.3 Å². The summed E-state index contributed by atoms with van der Waals surface area (Å²) < 4.78 is 71.7. The maximum absolute atomic E-state index is 15.4. The van der Waals surface area contributed by atoms with E-state index in [0.717, 1.165) is 17.9 Å². The van der Waals surface area contributed by atoms with E-state index < -0.39 is 65.5 Å². The number of nitrogen functional groups attached to an aromatic ring is 1. The highest BCUT2D eigenvalue weighted by Gasteiger charge is 2.84. The second-order valence-electron chi connectivity index (χ2n) is 6.64. The lowest BCUT2D eigenvalue weighted by atomic mass is 10.1. The monoisotopic (exact) mass is 527 g/mol. The van der Waals surface area contributed by atoms with Gasteiger partial charge in [-0.25, -0.2) is 22.9 Å². The first-order valence-electron chi connectivity index (χ1n) is 8.19. The van der Waals surface area contributed by atoms with E-state index in [9.17, 15) is 28.5 Å². The Hall–Kier alpha value is -1.10. The predicted molar refractivity (Wildman–Crippen MR) is 96.2 cm³/mol. The van der Waals surface area contributed by atoms with Gasteiger partial charge in [-0.2, -0.15) is 13.6 Å². The van der Waals surface area contributed by atoms with Crippen molar-refractivity contribution in [3.05, 3.63) is 22.7 Å². The van der Waals surface area contributed by atoms with Crippen LogP contribution in [0.4, 0.5) is 10.2 Å². The number of anilines is 1. The van der Waals surface area contributed by atoms with Gasteiger partial charge < -0.3 is 39.9 Å². The summed E-state index contributed by atoms with van der Waals surface area (Å²) in [5.74, 6) is -2.57. The lowest BCUT2D eigenvalue weighted by molar-refractivity contribution is -0.270. The van der Waals surface area contributed by atoms with E-state index in [2.05, 4.69) is 18.1 Å². The first-order valence-corrected chi connectivity index (χ1v) is 12.7. The van der Waals surface area contributed by atoms with E-state index in [1.54, 1.807) is 0 Å². The van der Waals surface area contributed by atoms with Crippen LogP contribution in [0.5, 0.6) is 0 Å². The third-order valence-corrected chi connectivity index (χ3v) is 8.35. The van der Waals surface area contributed by atoms with Crippen LogP contribution in [0, 0.1) is 0 Å². The van der Waals surface area contributed by atoms with Crippen molar-refractivity contribution in [3.63, 3.8) is 0 Å². The first-order chi connectivity index (χ1) is 14.5. The van der Waals surface area contributed by atoms with Gasteiger partial charge in [0.2, 0.25) is 5.79 Å². The van der Waals surface area contributed by atoms with Gasteiger partial charge >= 0.3 is 29.2 Å². The van der Waals surface area contributed by atoms with E-state index >= 15 is 4.39 Å². The zero-order valence-electron chi connectivity index (χ0n) is 15.7. The van der Waals surface area contributed by atoms with Gasteiger partial charge in [-0.15, -0.1) is 0 Å². The number of phosphoric acid groups is 3. The summed E-state index contributed by atoms with van der Waals surface area (Å²) in [4.78, 5) is 51.0. The minimum atomic E-state index is -5.79. The predicted octanol–water partition coefficient (Wildman–Crippen LogP) is -1.47. The van der Waals surface area contributed by atoms with Gasteiger partial charge in [0, 0.05) is 13.3 Å². The molecule has 3 unspecified atom stereocenters. The van der Waals surface area contributed by atoms with E-state index in [1.165, 1.54) is 6.07 Å². The molecule has 32 heavy (non-hydrogen) atoms. The first kappa shape index (κ1) is 25.5. The van der Waals surface area contributed by atoms with Crippen molar-refractivity contribution in [2.24, 2.45) is 0 Å². The topological polar surface area (TPSA) is 259 Å². The van der Waals surface area contributed by atoms with E-state index in [0.29, 0.717) is 0 Å². The maximum Gasteiger partial charge on any atom is 0.490 e. The molecule has 1 aliphatic carbocycles. The normalized spacial score (nSPS) is 35.7. The number of methoxy groups -OCH3 is 1. The molecule has 2 heterocycles. The van der Waals surface area contributed by atoms with E-state index in [4.69, 9.17) is 29.9 Å². The number of nitrogens with two attached hydrogens (primary N) is 1. The molecule has 2 fully saturated rings. The zero-order chi connectivity index (χ0) is 24.3. The number of aromatic nitrogens is 2. The van der Waals surface area contributed by atoms with Gasteiger partial charge in [-0.3, -0.25) is 9.09 Å². The maximum atomic E-state index is 15.4. The number of phosphoric ester groups is 1. The molecule has 1 saturated carbocycles. The average Bonchev–Trinajstić information content (AvgIpc) is 3.11. The number of fused-ring (bicyclic) bond motifs is 1. The number of halogens is 1. The molecule has 7 N–H and O–H groups in total. The standard InChI is InChI=1S/C11H17FN3O14P3/c1-25-10(4-26-31(21,22)29-32(23,24)28-30(18,19)20)8(16)11(12)6(7(11)27-10)15-3-2-5(13)14-9(15)17/h2-3,6-8,16H,4H2,1H3,(H,21,22)(H,23,24)(H2,13,14,17)(H2,18,19,20)/t6?,7-,8+,10+,11+/m0/s1. The van der Waals surface area contributed by atoms with Crippen molar-refractivity contribution in [1.29, 1.82) is 0 Å². The summed E-state index contributed by atoms with van der Waals surface area (Å²) in [6.45, 7) is -1.27. The van der Waals surface area contributed by atoms with Gasteiger partial charge in [0.05, 0.1) is 0 Å². The van der Waals surface area contributed by atoms with Crippen LogP contribution in [0.1, 0.15) is 6.04 Å². The second kappa shape index (κ2) is 7.99. The molecule has 1 saturated heterocycles. The fourth-order valence-electron chi connectivity index (χ4n) is 3.22. The van der Waals surface area contributed by atoms with Crippen molar-refractivity contribution >= 4 is 29.3 Å². The third-order valence-electron chi connectivity index (χ3n) is 4.57. The molecule has 1 aliphatic heterocycles. The Labute approximate surface area is 176 Å². The Morgan fingerprint density at radius 2 is 1.88 bits per heavy atom. The number of hydrogen-bond acceptors (Lipinski definition) is 12. The highest BCUT2D eigenvalue weighted by atomic mass is 31.3. The molecule has 182 valence electrons. The molecule has 17 nitrogen and oxygen atoms in total. The van der Waals surface area contributed by atoms with Crippen LogP contribution < -0.4 is 11.4 Å². The van der Waals surface area contributed by atoms with Crippen LogP contribution in [0.25, 0.3) is 0 Å². The lowest BCUT2D eigenvalue weighted by Crippen LogP contribution is -2.52. The van der Waals surface area contributed by atoms with Gasteiger partial charge in [-0.05, 0) is 6.07 Å². The Morgan fingerprint density at radius 1 is 1.25 bits per heavy atom. The minimum absolute atomic E-state index is 0.131. The van der Waals surface area contributed by atoms with Gasteiger partial charge in [0.25, 0.3) is 0 Å². The Morgan fingerprint density at radius 3 is 2.34 bits per heavy atom. The van der Waals surface area contributed by atoms with Crippen molar-refractivity contribution in [2.75, 3.05) is 19.5 Å². The largest absolute Gasteiger partial charge is 0.490 e. The number of rotatable bonds is 9. The molecule has 0 spiro atoms. The number of alkyl halides is 1. The number of aliphatic hydroxyl groups is 1. The van der Waals surface area contributed by atoms with Crippen LogP contribution in [0.15, 0.2) is 17.1 Å². The smallest absolute Gasteiger partial charge is 0.384 e. The molecule has 3 rings (SSSR count). The molecular weight excluding hydrogens is 510 g/mol. The highest BCUT2D eigenvalue weighted by molar-refractivity contribution is 7.66. The molecule has 7 atom stereocenters. The van der Waals surface area contributed by atoms with Gasteiger partial charge in [-0.1, -0.05) is 0 Å². The van der Waals surface area contributed by atoms with Crippen LogP contribution in [-0.4, -0.2) is 71.6 Å². The summed E-state index contributed by atoms with van der Waals surface area (Å²) in [5.41, 5.74) is 1.79. The third kappa shape index (κ3) is 4.74. The number of aliphatic hydroxyl groups excluding tert-OH is 1. The number of hydrogen-bond donors (Lipinski definition) is 6. The summed E-state index contributed by atoms with van der Waals surface area (Å²) in [7, 11) is -16.1. The fourth-order valence-corrected chi connectivity index (χ4v) is 6.26. The highest BCUT2D eigenvalue weighted by Crippen LogP contribution is 2.68. The molecule has 1 aromatic heterocycles. The molecule has 0 bridgehead atoms. The number of ether oxygens (including phenoxy) is 2. The Balaban J connectivity index is 1.73. The van der Waals surface area contributed by atoms with Crippen LogP contribution in [0.2, 0.25) is 0 Å². The summed E-state index contributed by atoms with van der Waals surface area (Å²) in [5, 5.41) is 10.5. The molecular formula is C11H17FN3O14P3. The molecule has 0 radical (unpaired) electrons. The van der Waals surface area contributed by atoms with Crippen LogP contribution in [0.3, 0.4) is 0 Å². The SMILES string of the molecule is CO[C@]1(COP(=O)(O)OP(=O)(O)OP(=O)(O)O)O[C@H]2C(n3ccc(N)nc3=O)[C@]2(F)[C@@H]1O. The summed E-state index contributed by atoms with van der Waals surface area (Å²) in [6.07, 6.45) is -2.59. The summed E-state index contributed by atoms with van der Waals surface area (Å²) >= 11 is 0. The zero-order valence-corrected chi connectivity index (χ0v) is 18.4. The van der Waals surface area contributed by atoms with Crippen molar-refractivity contribution in [2.45, 2.75) is 29.7 Å². The van der Waals surface area contributed by atoms with E-state index in [-0.39, 0.29) is 5.82 Å². The second-order valence-corrected chi connectivity index (χ2v) is 11.1. The van der Waals surface area contributed by atoms with Gasteiger partial charge in [0.1, 0.15) is 30.7 Å².